The van der Waals surface area contributed by atoms with Crippen LogP contribution in [0.1, 0.15) is 55.6 Å². The zero-order valence-electron chi connectivity index (χ0n) is 9.96. The highest BCUT2D eigenvalue weighted by Crippen LogP contribution is 2.41. The van der Waals surface area contributed by atoms with Gasteiger partial charge >= 0.3 is 0 Å². The lowest BCUT2D eigenvalue weighted by atomic mass is 9.70. The van der Waals surface area contributed by atoms with Crippen LogP contribution in [0.25, 0.3) is 0 Å². The summed E-state index contributed by atoms with van der Waals surface area (Å²) in [6.45, 7) is 4.50. The molecule has 16 heavy (non-hydrogen) atoms. The largest absolute Gasteiger partial charge is 0.311 e. The van der Waals surface area contributed by atoms with Crippen molar-refractivity contribution < 1.29 is 0 Å². The van der Waals surface area contributed by atoms with E-state index in [9.17, 15) is 0 Å². The molecular weight excluding hydrogens is 216 g/mol. The molecule has 0 amide bonds. The average Bonchev–Trinajstić information content (AvgIpc) is 2.97. The molecule has 2 aliphatic carbocycles. The number of hydrogen-bond donors (Lipinski definition) is 1. The van der Waals surface area contributed by atoms with Crippen LogP contribution in [0.5, 0.6) is 0 Å². The minimum atomic E-state index is 0.579. The van der Waals surface area contributed by atoms with Gasteiger partial charge in [-0.2, -0.15) is 0 Å². The minimum absolute atomic E-state index is 0.579. The van der Waals surface area contributed by atoms with Crippen LogP contribution in [-0.2, 0) is 6.54 Å². The second-order valence-corrected chi connectivity index (χ2v) is 6.61. The van der Waals surface area contributed by atoms with Gasteiger partial charge in [0.05, 0.1) is 10.7 Å². The summed E-state index contributed by atoms with van der Waals surface area (Å²) in [4.78, 5) is 4.69. The molecule has 2 saturated carbocycles. The Morgan fingerprint density at radius 2 is 2.31 bits per heavy atom. The van der Waals surface area contributed by atoms with E-state index in [1.54, 1.807) is 0 Å². The van der Waals surface area contributed by atoms with Crippen molar-refractivity contribution in [1.29, 1.82) is 0 Å². The van der Waals surface area contributed by atoms with E-state index in [1.165, 1.54) is 42.8 Å². The summed E-state index contributed by atoms with van der Waals surface area (Å²) in [6.07, 6.45) is 6.92. The van der Waals surface area contributed by atoms with E-state index in [2.05, 4.69) is 17.6 Å². The van der Waals surface area contributed by atoms with Gasteiger partial charge in [-0.05, 0) is 31.1 Å². The maximum Gasteiger partial charge on any atom is 0.0959 e. The summed E-state index contributed by atoms with van der Waals surface area (Å²) < 4.78 is 0. The third kappa shape index (κ3) is 2.30. The van der Waals surface area contributed by atoms with E-state index < -0.39 is 0 Å². The zero-order chi connectivity index (χ0) is 11.0. The Morgan fingerprint density at radius 3 is 2.94 bits per heavy atom. The van der Waals surface area contributed by atoms with Crippen molar-refractivity contribution in [3.8, 4) is 0 Å². The molecule has 1 aromatic rings. The Hall–Kier alpha value is -0.410. The van der Waals surface area contributed by atoms with Crippen molar-refractivity contribution in [2.45, 2.75) is 51.5 Å². The van der Waals surface area contributed by atoms with E-state index in [-0.39, 0.29) is 0 Å². The van der Waals surface area contributed by atoms with Gasteiger partial charge in [0.1, 0.15) is 0 Å². The SMILES string of the molecule is CC1(CNCc2csc(C3CC3)n2)CCC1. The highest BCUT2D eigenvalue weighted by molar-refractivity contribution is 7.09. The van der Waals surface area contributed by atoms with Gasteiger partial charge in [0.2, 0.25) is 0 Å². The van der Waals surface area contributed by atoms with Crippen molar-refractivity contribution >= 4 is 11.3 Å². The van der Waals surface area contributed by atoms with Crippen molar-refractivity contribution in [2.24, 2.45) is 5.41 Å². The normalized spacial score (nSPS) is 23.1. The topological polar surface area (TPSA) is 24.9 Å². The molecule has 1 aromatic heterocycles. The van der Waals surface area contributed by atoms with Crippen molar-refractivity contribution in [2.75, 3.05) is 6.54 Å². The molecule has 0 atom stereocenters. The lowest BCUT2D eigenvalue weighted by molar-refractivity contribution is 0.156. The molecule has 0 radical (unpaired) electrons. The fraction of sp³-hybridized carbons (Fsp3) is 0.769. The zero-order valence-corrected chi connectivity index (χ0v) is 10.8. The number of nitrogens with one attached hydrogen (secondary N) is 1. The molecule has 3 heteroatoms. The summed E-state index contributed by atoms with van der Waals surface area (Å²) in [5.74, 6) is 0.808. The molecule has 0 saturated heterocycles. The van der Waals surface area contributed by atoms with Gasteiger partial charge in [-0.3, -0.25) is 0 Å². The Labute approximate surface area is 101 Å². The van der Waals surface area contributed by atoms with Crippen LogP contribution < -0.4 is 5.32 Å². The Kier molecular flexibility index (Phi) is 2.76. The van der Waals surface area contributed by atoms with Gasteiger partial charge < -0.3 is 5.32 Å². The highest BCUT2D eigenvalue weighted by atomic mass is 32.1. The summed E-state index contributed by atoms with van der Waals surface area (Å²) in [5, 5.41) is 7.15. The van der Waals surface area contributed by atoms with Gasteiger partial charge in [-0.15, -0.1) is 11.3 Å². The van der Waals surface area contributed by atoms with Crippen LogP contribution in [0.2, 0.25) is 0 Å². The molecule has 2 nitrogen and oxygen atoms in total. The molecule has 2 fully saturated rings. The first-order valence-electron chi connectivity index (χ1n) is 6.40. The van der Waals surface area contributed by atoms with Crippen LogP contribution in [0, 0.1) is 5.41 Å². The average molecular weight is 236 g/mol. The summed E-state index contributed by atoms with van der Waals surface area (Å²) >= 11 is 1.85. The number of aromatic nitrogens is 1. The van der Waals surface area contributed by atoms with Crippen LogP contribution in [0.4, 0.5) is 0 Å². The quantitative estimate of drug-likeness (QED) is 0.848. The number of nitrogens with zero attached hydrogens (tertiary/aromatic N) is 1. The number of rotatable bonds is 5. The standard InChI is InChI=1S/C13H20N2S/c1-13(5-2-6-13)9-14-7-11-8-16-12(15-11)10-3-4-10/h8,10,14H,2-7,9H2,1H3. The van der Waals surface area contributed by atoms with Gasteiger partial charge in [0, 0.05) is 24.4 Å². The van der Waals surface area contributed by atoms with E-state index in [4.69, 9.17) is 4.98 Å². The van der Waals surface area contributed by atoms with Gasteiger partial charge in [-0.1, -0.05) is 13.3 Å². The van der Waals surface area contributed by atoms with Crippen molar-refractivity contribution in [3.63, 3.8) is 0 Å². The van der Waals surface area contributed by atoms with E-state index in [0.717, 1.165) is 19.0 Å². The fourth-order valence-electron chi connectivity index (χ4n) is 2.37. The molecular formula is C13H20N2S. The lowest BCUT2D eigenvalue weighted by Gasteiger charge is -2.38. The molecule has 0 aliphatic heterocycles. The van der Waals surface area contributed by atoms with E-state index >= 15 is 0 Å². The van der Waals surface area contributed by atoms with Crippen molar-refractivity contribution in [1.82, 2.24) is 10.3 Å². The first-order chi connectivity index (χ1) is 7.75. The predicted octanol–water partition coefficient (Wildman–Crippen LogP) is 3.30. The molecule has 3 rings (SSSR count). The fourth-order valence-corrected chi connectivity index (χ4v) is 3.36. The van der Waals surface area contributed by atoms with Crippen LogP contribution in [0.15, 0.2) is 5.38 Å². The van der Waals surface area contributed by atoms with Gasteiger partial charge in [-0.25, -0.2) is 4.98 Å². The molecule has 0 spiro atoms. The molecule has 1 N–H and O–H groups in total. The molecule has 2 aliphatic rings. The smallest absolute Gasteiger partial charge is 0.0959 e. The number of hydrogen-bond acceptors (Lipinski definition) is 3. The summed E-state index contributed by atoms with van der Waals surface area (Å²) in [7, 11) is 0. The first kappa shape index (κ1) is 10.7. The van der Waals surface area contributed by atoms with E-state index in [1.807, 2.05) is 11.3 Å². The van der Waals surface area contributed by atoms with Gasteiger partial charge in [0.25, 0.3) is 0 Å². The molecule has 0 bridgehead atoms. The second-order valence-electron chi connectivity index (χ2n) is 5.72. The maximum absolute atomic E-state index is 4.69. The minimum Gasteiger partial charge on any atom is -0.311 e. The lowest BCUT2D eigenvalue weighted by Crippen LogP contribution is -2.37. The van der Waals surface area contributed by atoms with Crippen LogP contribution >= 0.6 is 11.3 Å². The Bertz CT molecular complexity index is 364. The predicted molar refractivity (Wildman–Crippen MR) is 67.8 cm³/mol. The van der Waals surface area contributed by atoms with Crippen LogP contribution in [-0.4, -0.2) is 11.5 Å². The molecule has 0 unspecified atom stereocenters. The molecule has 88 valence electrons. The summed E-state index contributed by atoms with van der Waals surface area (Å²) in [5.41, 5.74) is 1.82. The Balaban J connectivity index is 1.46. The van der Waals surface area contributed by atoms with Crippen LogP contribution in [0.3, 0.4) is 0 Å². The monoisotopic (exact) mass is 236 g/mol. The molecule has 1 heterocycles. The van der Waals surface area contributed by atoms with Gasteiger partial charge in [0.15, 0.2) is 0 Å². The van der Waals surface area contributed by atoms with Crippen molar-refractivity contribution in [3.05, 3.63) is 16.1 Å². The first-order valence-corrected chi connectivity index (χ1v) is 7.28. The third-order valence-electron chi connectivity index (χ3n) is 3.91. The summed E-state index contributed by atoms with van der Waals surface area (Å²) in [6, 6.07) is 0. The highest BCUT2D eigenvalue weighted by Gasteiger charge is 2.31. The third-order valence-corrected chi connectivity index (χ3v) is 4.97. The second kappa shape index (κ2) is 4.11. The van der Waals surface area contributed by atoms with E-state index in [0.29, 0.717) is 5.41 Å². The Morgan fingerprint density at radius 1 is 1.50 bits per heavy atom. The molecule has 0 aromatic carbocycles. The number of thiazole rings is 1. The maximum atomic E-state index is 4.69.